The number of hydrogen-bond donors (Lipinski definition) is 0. The molecule has 0 saturated carbocycles. The standard InChI is InChI=1S/C38H42N2O7/c41-37(33-7-3-1-4-8-33)39-19-21-43-22-20-40(38(42)34-9-5-2-6-10-34)30-32-13-17-36(18-14-32)47-28-26-45-24-23-44-25-27-46-35-15-11-31(29-39)12-16-35/h1-18H,19-30H2. The smallest absolute Gasteiger partial charge is 0.254 e. The van der Waals surface area contributed by atoms with Gasteiger partial charge in [-0.25, -0.2) is 0 Å². The maximum absolute atomic E-state index is 13.5. The predicted octanol–water partition coefficient (Wildman–Crippen LogP) is 5.49. The number of ether oxygens (including phenoxy) is 5. The zero-order valence-corrected chi connectivity index (χ0v) is 26.6. The number of carbonyl (C=O) groups is 2. The van der Waals surface area contributed by atoms with Crippen LogP contribution in [0.4, 0.5) is 0 Å². The number of carbonyl (C=O) groups excluding carboxylic acids is 2. The molecule has 0 spiro atoms. The van der Waals surface area contributed by atoms with Crippen LogP contribution in [0.25, 0.3) is 0 Å². The molecule has 8 rings (SSSR count). The van der Waals surface area contributed by atoms with Gasteiger partial charge in [0, 0.05) is 37.3 Å². The van der Waals surface area contributed by atoms with Crippen molar-refractivity contribution in [1.82, 2.24) is 9.80 Å². The molecule has 47 heavy (non-hydrogen) atoms. The van der Waals surface area contributed by atoms with Crippen molar-refractivity contribution in [2.45, 2.75) is 13.1 Å². The van der Waals surface area contributed by atoms with Crippen LogP contribution >= 0.6 is 0 Å². The third-order valence-corrected chi connectivity index (χ3v) is 7.59. The average molecular weight is 639 g/mol. The van der Waals surface area contributed by atoms with Crippen LogP contribution in [0.3, 0.4) is 0 Å². The summed E-state index contributed by atoms with van der Waals surface area (Å²) in [5.41, 5.74) is 3.18. The van der Waals surface area contributed by atoms with Gasteiger partial charge in [-0.05, 0) is 59.7 Å². The van der Waals surface area contributed by atoms with Crippen LogP contribution in [0.1, 0.15) is 31.8 Å². The highest BCUT2D eigenvalue weighted by molar-refractivity contribution is 5.94. The molecule has 0 radical (unpaired) electrons. The summed E-state index contributed by atoms with van der Waals surface area (Å²) in [4.78, 5) is 30.6. The first kappa shape index (κ1) is 33.7. The van der Waals surface area contributed by atoms with E-state index in [4.69, 9.17) is 23.7 Å². The largest absolute Gasteiger partial charge is 0.491 e. The quantitative estimate of drug-likeness (QED) is 0.287. The summed E-state index contributed by atoms with van der Waals surface area (Å²) in [6.45, 7) is 4.91. The van der Waals surface area contributed by atoms with Crippen molar-refractivity contribution in [1.29, 1.82) is 0 Å². The Balaban J connectivity index is 1.28. The average Bonchev–Trinajstić information content (AvgIpc) is 3.12. The second kappa shape index (κ2) is 18.4. The number of benzene rings is 4. The van der Waals surface area contributed by atoms with Gasteiger partial charge in [0.05, 0.1) is 39.6 Å². The molecule has 4 bridgehead atoms. The van der Waals surface area contributed by atoms with Crippen molar-refractivity contribution in [2.24, 2.45) is 0 Å². The van der Waals surface area contributed by atoms with E-state index in [0.29, 0.717) is 90.2 Å². The first-order valence-electron chi connectivity index (χ1n) is 16.0. The van der Waals surface area contributed by atoms with Gasteiger partial charge in [-0.3, -0.25) is 9.59 Å². The minimum Gasteiger partial charge on any atom is -0.491 e. The summed E-state index contributed by atoms with van der Waals surface area (Å²) in [6, 6.07) is 33.9. The van der Waals surface area contributed by atoms with Gasteiger partial charge in [-0.2, -0.15) is 0 Å². The van der Waals surface area contributed by atoms with Crippen LogP contribution in [0.15, 0.2) is 109 Å². The number of nitrogens with zero attached hydrogens (tertiary/aromatic N) is 2. The Morgan fingerprint density at radius 1 is 0.426 bits per heavy atom. The maximum atomic E-state index is 13.5. The second-order valence-electron chi connectivity index (χ2n) is 11.0. The molecule has 0 aromatic heterocycles. The molecule has 4 aliphatic heterocycles. The van der Waals surface area contributed by atoms with E-state index in [1.165, 1.54) is 0 Å². The topological polar surface area (TPSA) is 86.8 Å². The minimum atomic E-state index is -0.0760. The molecular weight excluding hydrogens is 596 g/mol. The normalized spacial score (nSPS) is 16.1. The summed E-state index contributed by atoms with van der Waals surface area (Å²) in [5, 5.41) is 0. The van der Waals surface area contributed by atoms with Gasteiger partial charge in [0.25, 0.3) is 11.8 Å². The summed E-state index contributed by atoms with van der Waals surface area (Å²) in [6.07, 6.45) is 0. The lowest BCUT2D eigenvalue weighted by Gasteiger charge is -2.25. The van der Waals surface area contributed by atoms with Gasteiger partial charge in [0.2, 0.25) is 0 Å². The lowest BCUT2D eigenvalue weighted by molar-refractivity contribution is 0.0273. The zero-order chi connectivity index (χ0) is 32.5. The fourth-order valence-corrected chi connectivity index (χ4v) is 5.06. The van der Waals surface area contributed by atoms with Gasteiger partial charge in [0.1, 0.15) is 24.7 Å². The Morgan fingerprint density at radius 2 is 0.787 bits per heavy atom. The van der Waals surface area contributed by atoms with E-state index in [2.05, 4.69) is 0 Å². The molecule has 0 unspecified atom stereocenters. The fourth-order valence-electron chi connectivity index (χ4n) is 5.06. The summed E-state index contributed by atoms with van der Waals surface area (Å²) < 4.78 is 28.9. The zero-order valence-electron chi connectivity index (χ0n) is 26.6. The van der Waals surface area contributed by atoms with E-state index in [0.717, 1.165) is 22.6 Å². The number of amides is 2. The number of hydrogen-bond acceptors (Lipinski definition) is 7. The van der Waals surface area contributed by atoms with Crippen molar-refractivity contribution in [3.63, 3.8) is 0 Å². The van der Waals surface area contributed by atoms with E-state index >= 15 is 0 Å². The van der Waals surface area contributed by atoms with E-state index in [9.17, 15) is 9.59 Å². The van der Waals surface area contributed by atoms with E-state index < -0.39 is 0 Å². The summed E-state index contributed by atoms with van der Waals surface area (Å²) in [5.74, 6) is 1.31. The molecular formula is C38H42N2O7. The van der Waals surface area contributed by atoms with Crippen LogP contribution in [0.5, 0.6) is 11.5 Å². The first-order chi connectivity index (χ1) is 23.2. The molecule has 9 heteroatoms. The molecule has 0 fully saturated rings. The third kappa shape index (κ3) is 11.0. The van der Waals surface area contributed by atoms with Crippen molar-refractivity contribution in [2.75, 3.05) is 65.9 Å². The Hall–Kier alpha value is -4.70. The van der Waals surface area contributed by atoms with Crippen molar-refractivity contribution in [3.8, 4) is 11.5 Å². The molecule has 2 amide bonds. The second-order valence-corrected chi connectivity index (χ2v) is 11.0. The van der Waals surface area contributed by atoms with Crippen LogP contribution in [-0.2, 0) is 27.3 Å². The predicted molar refractivity (Wildman–Crippen MR) is 179 cm³/mol. The molecule has 4 aliphatic rings. The van der Waals surface area contributed by atoms with E-state index in [1.54, 1.807) is 9.80 Å². The Labute approximate surface area is 276 Å². The highest BCUT2D eigenvalue weighted by Gasteiger charge is 2.18. The van der Waals surface area contributed by atoms with Gasteiger partial charge in [-0.1, -0.05) is 60.7 Å². The molecule has 9 nitrogen and oxygen atoms in total. The Kier molecular flexibility index (Phi) is 13.2. The van der Waals surface area contributed by atoms with Gasteiger partial charge in [0.15, 0.2) is 0 Å². The van der Waals surface area contributed by atoms with Crippen LogP contribution in [-0.4, -0.2) is 87.6 Å². The van der Waals surface area contributed by atoms with Gasteiger partial charge < -0.3 is 33.5 Å². The molecule has 0 saturated heterocycles. The molecule has 4 aromatic carbocycles. The first-order valence-corrected chi connectivity index (χ1v) is 16.0. The van der Waals surface area contributed by atoms with Gasteiger partial charge >= 0.3 is 0 Å². The molecule has 0 atom stereocenters. The number of rotatable bonds is 2. The van der Waals surface area contributed by atoms with Crippen molar-refractivity contribution < 1.29 is 33.3 Å². The van der Waals surface area contributed by atoms with Crippen LogP contribution < -0.4 is 9.47 Å². The highest BCUT2D eigenvalue weighted by Crippen LogP contribution is 2.17. The molecule has 246 valence electrons. The lowest BCUT2D eigenvalue weighted by Crippen LogP contribution is -2.36. The van der Waals surface area contributed by atoms with E-state index in [1.807, 2.05) is 109 Å². The van der Waals surface area contributed by atoms with E-state index in [-0.39, 0.29) is 11.8 Å². The SMILES string of the molecule is O=C(c1ccccc1)N1CCOCCN(C(=O)c2ccccc2)Cc2ccc(cc2)OCCOCCOCCOc2ccc(cc2)C1. The maximum Gasteiger partial charge on any atom is 0.254 e. The van der Waals surface area contributed by atoms with Crippen molar-refractivity contribution >= 4 is 11.8 Å². The highest BCUT2D eigenvalue weighted by atomic mass is 16.6. The van der Waals surface area contributed by atoms with Crippen LogP contribution in [0.2, 0.25) is 0 Å². The summed E-state index contributed by atoms with van der Waals surface area (Å²) in [7, 11) is 0. The fraction of sp³-hybridized carbons (Fsp3) is 0.316. The summed E-state index contributed by atoms with van der Waals surface area (Å²) >= 11 is 0. The molecule has 4 aromatic rings. The Bertz CT molecular complexity index is 1380. The third-order valence-electron chi connectivity index (χ3n) is 7.59. The monoisotopic (exact) mass is 638 g/mol. The Morgan fingerprint density at radius 3 is 1.19 bits per heavy atom. The van der Waals surface area contributed by atoms with Crippen molar-refractivity contribution in [3.05, 3.63) is 131 Å². The minimum absolute atomic E-state index is 0.0760. The molecule has 4 heterocycles. The van der Waals surface area contributed by atoms with Gasteiger partial charge in [-0.15, -0.1) is 0 Å². The lowest BCUT2D eigenvalue weighted by atomic mass is 10.1. The van der Waals surface area contributed by atoms with Crippen LogP contribution in [0, 0.1) is 0 Å². The molecule has 0 N–H and O–H groups in total. The molecule has 0 aliphatic carbocycles.